The minimum Gasteiger partial charge on any atom is -0.277 e. The van der Waals surface area contributed by atoms with Crippen molar-refractivity contribution in [3.05, 3.63) is 47.8 Å². The number of benzene rings is 1. The fourth-order valence-electron chi connectivity index (χ4n) is 2.22. The lowest BCUT2D eigenvalue weighted by Gasteiger charge is -2.17. The number of nitrogens with zero attached hydrogens (tertiary/aromatic N) is 4. The van der Waals surface area contributed by atoms with Crippen LogP contribution < -0.4 is 4.31 Å². The lowest BCUT2D eigenvalue weighted by molar-refractivity contribution is 0.0693. The van der Waals surface area contributed by atoms with Gasteiger partial charge < -0.3 is 0 Å². The van der Waals surface area contributed by atoms with E-state index in [1.807, 2.05) is 0 Å². The lowest BCUT2D eigenvalue weighted by atomic mass is 10.1. The molecule has 0 saturated carbocycles. The van der Waals surface area contributed by atoms with E-state index in [4.69, 9.17) is 0 Å². The Bertz CT molecular complexity index is 912. The van der Waals surface area contributed by atoms with Gasteiger partial charge in [0.25, 0.3) is 21.8 Å². The Morgan fingerprint density at radius 3 is 2.30 bits per heavy atom. The minimum absolute atomic E-state index is 0.00696. The number of aromatic nitrogens is 2. The fraction of sp³-hybridized carbons (Fsp3) is 0.143. The van der Waals surface area contributed by atoms with Gasteiger partial charge in [0.1, 0.15) is 0 Å². The summed E-state index contributed by atoms with van der Waals surface area (Å²) in [6.45, 7) is 0. The summed E-state index contributed by atoms with van der Waals surface area (Å²) in [5.41, 5.74) is 0.260. The van der Waals surface area contributed by atoms with Gasteiger partial charge in [-0.15, -0.1) is 0 Å². The summed E-state index contributed by atoms with van der Waals surface area (Å²) in [4.78, 5) is 32.5. The van der Waals surface area contributed by atoms with Gasteiger partial charge in [-0.25, -0.2) is 22.7 Å². The summed E-state index contributed by atoms with van der Waals surface area (Å²) < 4.78 is 26.2. The highest BCUT2D eigenvalue weighted by molar-refractivity contribution is 7.92. The van der Waals surface area contributed by atoms with Gasteiger partial charge in [-0.1, -0.05) is 0 Å². The van der Waals surface area contributed by atoms with Gasteiger partial charge in [-0.05, 0) is 24.3 Å². The summed E-state index contributed by atoms with van der Waals surface area (Å²) in [6, 6.07) is 5.40. The van der Waals surface area contributed by atoms with Gasteiger partial charge in [-0.3, -0.25) is 14.5 Å². The molecule has 0 fully saturated rings. The molecule has 2 heterocycles. The molecule has 1 aromatic carbocycles. The van der Waals surface area contributed by atoms with Crippen molar-refractivity contribution in [1.82, 2.24) is 14.9 Å². The number of sulfonamides is 1. The molecule has 1 aliphatic rings. The molecule has 9 heteroatoms. The highest BCUT2D eigenvalue weighted by Crippen LogP contribution is 2.26. The largest absolute Gasteiger partial charge is 0.277 e. The van der Waals surface area contributed by atoms with Gasteiger partial charge in [-0.2, -0.15) is 0 Å². The van der Waals surface area contributed by atoms with Crippen LogP contribution in [-0.4, -0.2) is 49.2 Å². The third kappa shape index (κ3) is 2.25. The van der Waals surface area contributed by atoms with E-state index < -0.39 is 21.8 Å². The van der Waals surface area contributed by atoms with E-state index >= 15 is 0 Å². The standard InChI is InChI=1S/C14H12N4O4S/c1-17-12(19)10-5-4-9(8-11(10)13(17)20)23(21,22)18(2)14-15-6-3-7-16-14/h3-8H,1-2H3. The van der Waals surface area contributed by atoms with Crippen LogP contribution in [0, 0.1) is 0 Å². The monoisotopic (exact) mass is 332 g/mol. The zero-order chi connectivity index (χ0) is 16.8. The van der Waals surface area contributed by atoms with Crippen molar-refractivity contribution in [2.24, 2.45) is 0 Å². The van der Waals surface area contributed by atoms with Crippen molar-refractivity contribution in [3.8, 4) is 0 Å². The third-order valence-corrected chi connectivity index (χ3v) is 5.29. The predicted molar refractivity (Wildman–Crippen MR) is 80.5 cm³/mol. The number of imide groups is 1. The van der Waals surface area contributed by atoms with Crippen LogP contribution >= 0.6 is 0 Å². The molecule has 1 aliphatic heterocycles. The molecule has 0 atom stereocenters. The molecule has 0 N–H and O–H groups in total. The van der Waals surface area contributed by atoms with Crippen molar-refractivity contribution in [3.63, 3.8) is 0 Å². The van der Waals surface area contributed by atoms with Crippen LogP contribution in [0.1, 0.15) is 20.7 Å². The topological polar surface area (TPSA) is 101 Å². The van der Waals surface area contributed by atoms with Gasteiger partial charge in [0.15, 0.2) is 0 Å². The van der Waals surface area contributed by atoms with Crippen molar-refractivity contribution >= 4 is 27.8 Å². The molecular formula is C14H12N4O4S. The quantitative estimate of drug-likeness (QED) is 0.760. The molecule has 0 radical (unpaired) electrons. The molecule has 1 aromatic heterocycles. The smallest absolute Gasteiger partial charge is 0.266 e. The van der Waals surface area contributed by atoms with Crippen molar-refractivity contribution < 1.29 is 18.0 Å². The van der Waals surface area contributed by atoms with Crippen LogP contribution in [0.15, 0.2) is 41.6 Å². The van der Waals surface area contributed by atoms with E-state index in [0.717, 1.165) is 9.21 Å². The van der Waals surface area contributed by atoms with Crippen molar-refractivity contribution in [2.75, 3.05) is 18.4 Å². The minimum atomic E-state index is -3.95. The molecular weight excluding hydrogens is 320 g/mol. The first-order chi connectivity index (χ1) is 10.8. The molecule has 2 amide bonds. The maximum Gasteiger partial charge on any atom is 0.266 e. The van der Waals surface area contributed by atoms with Crippen LogP contribution in [0.4, 0.5) is 5.95 Å². The Hall–Kier alpha value is -2.81. The second kappa shape index (κ2) is 5.13. The summed E-state index contributed by atoms with van der Waals surface area (Å²) in [7, 11) is -1.28. The number of carbonyl (C=O) groups excluding carboxylic acids is 2. The number of rotatable bonds is 3. The van der Waals surface area contributed by atoms with E-state index in [1.54, 1.807) is 6.07 Å². The highest BCUT2D eigenvalue weighted by Gasteiger charge is 2.34. The molecule has 0 spiro atoms. The number of amides is 2. The zero-order valence-electron chi connectivity index (χ0n) is 12.3. The summed E-state index contributed by atoms with van der Waals surface area (Å²) in [5, 5.41) is 0. The fourth-order valence-corrected chi connectivity index (χ4v) is 3.35. The Balaban J connectivity index is 2.06. The normalized spacial score (nSPS) is 14.1. The summed E-state index contributed by atoms with van der Waals surface area (Å²) in [5.74, 6) is -0.970. The number of anilines is 1. The average Bonchev–Trinajstić information content (AvgIpc) is 2.79. The van der Waals surface area contributed by atoms with E-state index in [9.17, 15) is 18.0 Å². The summed E-state index contributed by atoms with van der Waals surface area (Å²) in [6.07, 6.45) is 2.85. The Morgan fingerprint density at radius 2 is 1.65 bits per heavy atom. The van der Waals surface area contributed by atoms with E-state index in [0.29, 0.717) is 0 Å². The van der Waals surface area contributed by atoms with Gasteiger partial charge in [0.2, 0.25) is 5.95 Å². The molecule has 0 aliphatic carbocycles. The predicted octanol–water partition coefficient (Wildman–Crippen LogP) is 0.527. The van der Waals surface area contributed by atoms with Crippen molar-refractivity contribution in [1.29, 1.82) is 0 Å². The zero-order valence-corrected chi connectivity index (χ0v) is 13.1. The number of carbonyl (C=O) groups is 2. The van der Waals surface area contributed by atoms with Gasteiger partial charge >= 0.3 is 0 Å². The third-order valence-electron chi connectivity index (χ3n) is 3.55. The molecule has 23 heavy (non-hydrogen) atoms. The number of hydrogen-bond acceptors (Lipinski definition) is 6. The maximum absolute atomic E-state index is 12.6. The Labute approximate surface area is 132 Å². The first kappa shape index (κ1) is 15.1. The van der Waals surface area contributed by atoms with E-state index in [1.165, 1.54) is 44.7 Å². The van der Waals surface area contributed by atoms with Crippen LogP contribution in [0.5, 0.6) is 0 Å². The van der Waals surface area contributed by atoms with Crippen LogP contribution in [0.2, 0.25) is 0 Å². The second-order valence-electron chi connectivity index (χ2n) is 4.90. The molecule has 8 nitrogen and oxygen atoms in total. The van der Waals surface area contributed by atoms with Gasteiger partial charge in [0.05, 0.1) is 16.0 Å². The van der Waals surface area contributed by atoms with Crippen LogP contribution in [0.25, 0.3) is 0 Å². The average molecular weight is 332 g/mol. The van der Waals surface area contributed by atoms with Crippen molar-refractivity contribution in [2.45, 2.75) is 4.90 Å². The van der Waals surface area contributed by atoms with E-state index in [-0.39, 0.29) is 22.0 Å². The SMILES string of the molecule is CN1C(=O)c2ccc(S(=O)(=O)N(C)c3ncccn3)cc2C1=O. The molecule has 0 saturated heterocycles. The molecule has 2 aromatic rings. The summed E-state index contributed by atoms with van der Waals surface area (Å²) >= 11 is 0. The van der Waals surface area contributed by atoms with Gasteiger partial charge in [0, 0.05) is 26.5 Å². The molecule has 3 rings (SSSR count). The molecule has 118 valence electrons. The Kier molecular flexibility index (Phi) is 3.37. The van der Waals surface area contributed by atoms with Crippen LogP contribution in [0.3, 0.4) is 0 Å². The highest BCUT2D eigenvalue weighted by atomic mass is 32.2. The Morgan fingerprint density at radius 1 is 1.04 bits per heavy atom. The molecule has 0 unspecified atom stereocenters. The maximum atomic E-state index is 12.6. The van der Waals surface area contributed by atoms with Crippen LogP contribution in [-0.2, 0) is 10.0 Å². The number of hydrogen-bond donors (Lipinski definition) is 0. The second-order valence-corrected chi connectivity index (χ2v) is 6.87. The lowest BCUT2D eigenvalue weighted by Crippen LogP contribution is -2.28. The van der Waals surface area contributed by atoms with E-state index in [2.05, 4.69) is 9.97 Å². The first-order valence-corrected chi connectivity index (χ1v) is 8.00. The first-order valence-electron chi connectivity index (χ1n) is 6.56. The number of fused-ring (bicyclic) bond motifs is 1. The molecule has 0 bridgehead atoms.